The van der Waals surface area contributed by atoms with E-state index in [2.05, 4.69) is 92.9 Å². The first-order valence-corrected chi connectivity index (χ1v) is 21.6. The third kappa shape index (κ3) is 11.9. The van der Waals surface area contributed by atoms with Crippen molar-refractivity contribution in [1.29, 1.82) is 0 Å². The first-order valence-electron chi connectivity index (χ1n) is 15.8. The van der Waals surface area contributed by atoms with Gasteiger partial charge in [0.05, 0.1) is 25.4 Å². The van der Waals surface area contributed by atoms with E-state index in [9.17, 15) is 9.90 Å². The number of carbonyl (C=O) groups is 1. The van der Waals surface area contributed by atoms with Crippen LogP contribution in [0.1, 0.15) is 106 Å². The minimum atomic E-state index is -2.02. The molecule has 1 saturated carbocycles. The minimum absolute atomic E-state index is 0.0627. The molecular weight excluding hydrogens is 533 g/mol. The summed E-state index contributed by atoms with van der Waals surface area (Å²) in [6.07, 6.45) is 16.7. The maximum Gasteiger partial charge on any atom is 0.305 e. The molecule has 5 atom stereocenters. The molecule has 5 nitrogen and oxygen atoms in total. The number of aliphatic hydroxyl groups is 1. The molecule has 1 fully saturated rings. The topological polar surface area (TPSA) is 65.0 Å². The molecule has 7 heteroatoms. The monoisotopic (exact) mass is 596 g/mol. The van der Waals surface area contributed by atoms with Gasteiger partial charge in [0, 0.05) is 12.3 Å². The molecule has 0 aromatic carbocycles. The third-order valence-electron chi connectivity index (χ3n) is 9.58. The van der Waals surface area contributed by atoms with Gasteiger partial charge < -0.3 is 18.7 Å². The molecule has 1 N–H and O–H groups in total. The Morgan fingerprint density at radius 3 is 2.02 bits per heavy atom. The lowest BCUT2D eigenvalue weighted by Crippen LogP contribution is -2.45. The molecule has 0 radical (unpaired) electrons. The van der Waals surface area contributed by atoms with E-state index in [-0.39, 0.29) is 34.2 Å². The molecule has 1 rings (SSSR count). The van der Waals surface area contributed by atoms with E-state index < -0.39 is 22.7 Å². The van der Waals surface area contributed by atoms with Gasteiger partial charge in [0.1, 0.15) is 0 Å². The van der Waals surface area contributed by atoms with Gasteiger partial charge in [0.15, 0.2) is 16.6 Å². The van der Waals surface area contributed by atoms with Crippen LogP contribution in [0, 0.1) is 11.8 Å². The van der Waals surface area contributed by atoms with Gasteiger partial charge in [-0.05, 0) is 80.7 Å². The van der Waals surface area contributed by atoms with Crippen molar-refractivity contribution in [3.05, 3.63) is 24.3 Å². The van der Waals surface area contributed by atoms with Crippen molar-refractivity contribution >= 4 is 22.6 Å². The second kappa shape index (κ2) is 16.2. The summed E-state index contributed by atoms with van der Waals surface area (Å²) in [6.45, 7) is 25.4. The second-order valence-corrected chi connectivity index (χ2v) is 24.4. The van der Waals surface area contributed by atoms with Crippen molar-refractivity contribution in [3.8, 4) is 0 Å². The predicted octanol–water partition coefficient (Wildman–Crippen LogP) is 9.19. The average molecular weight is 597 g/mol. The summed E-state index contributed by atoms with van der Waals surface area (Å²) >= 11 is 0. The number of unbranched alkanes of at least 4 members (excludes halogenated alkanes) is 3. The van der Waals surface area contributed by atoms with Crippen molar-refractivity contribution < 1.29 is 23.5 Å². The van der Waals surface area contributed by atoms with Crippen LogP contribution in [0.25, 0.3) is 0 Å². The Balaban J connectivity index is 3.31. The first-order chi connectivity index (χ1) is 18.4. The highest BCUT2D eigenvalue weighted by atomic mass is 28.4. The van der Waals surface area contributed by atoms with Crippen molar-refractivity contribution in [1.82, 2.24) is 0 Å². The highest BCUT2D eigenvalue weighted by molar-refractivity contribution is 6.74. The van der Waals surface area contributed by atoms with E-state index in [1.165, 1.54) is 26.4 Å². The van der Waals surface area contributed by atoms with Crippen molar-refractivity contribution in [3.63, 3.8) is 0 Å². The highest BCUT2D eigenvalue weighted by Gasteiger charge is 2.50. The summed E-state index contributed by atoms with van der Waals surface area (Å²) in [5.74, 6) is 0.232. The first kappa shape index (κ1) is 37.3. The largest absolute Gasteiger partial charge is 0.469 e. The van der Waals surface area contributed by atoms with Gasteiger partial charge >= 0.3 is 5.97 Å². The highest BCUT2D eigenvalue weighted by Crippen LogP contribution is 2.47. The Bertz CT molecular complexity index is 807. The normalized spacial score (nSPS) is 23.8. The summed E-state index contributed by atoms with van der Waals surface area (Å²) in [6, 6.07) is 0. The number of aliphatic hydroxyl groups excluding tert-OH is 1. The standard InChI is InChI=1S/C33H64O5Si2/c1-13-14-15-16-17-18-21-27-28(24-23-26(34)20-19-22-31(35)36-8)30(38-40(11,12)33(5,6)7)25-29(27)37-39(9,10)32(2,3)4/h17-18,23-24,26-30,34H,13-16,19-22,25H2,1-12H3/b18-17-,24-23+/t26-,27+,28-,29-,30+/m1/s1. The fourth-order valence-corrected chi connectivity index (χ4v) is 7.57. The zero-order chi connectivity index (χ0) is 30.8. The van der Waals surface area contributed by atoms with Crippen molar-refractivity contribution in [2.45, 2.75) is 161 Å². The third-order valence-corrected chi connectivity index (χ3v) is 18.6. The molecule has 0 saturated heterocycles. The van der Waals surface area contributed by atoms with Crippen LogP contribution in [-0.2, 0) is 18.4 Å². The van der Waals surface area contributed by atoms with Crippen LogP contribution >= 0.6 is 0 Å². The lowest BCUT2D eigenvalue weighted by Gasteiger charge is -2.40. The maximum absolute atomic E-state index is 11.5. The van der Waals surface area contributed by atoms with Crippen LogP contribution in [0.4, 0.5) is 0 Å². The van der Waals surface area contributed by atoms with Gasteiger partial charge in [-0.3, -0.25) is 4.79 Å². The molecule has 0 amide bonds. The molecule has 0 aromatic heterocycles. The molecule has 0 bridgehead atoms. The Kier molecular flexibility index (Phi) is 15.1. The molecule has 0 aromatic rings. The van der Waals surface area contributed by atoms with Gasteiger partial charge in [-0.1, -0.05) is 85.6 Å². The van der Waals surface area contributed by atoms with Crippen LogP contribution in [-0.4, -0.2) is 53.1 Å². The lowest BCUT2D eigenvalue weighted by molar-refractivity contribution is -0.140. The quantitative estimate of drug-likeness (QED) is 0.0833. The lowest BCUT2D eigenvalue weighted by atomic mass is 9.89. The van der Waals surface area contributed by atoms with Crippen LogP contribution in [0.3, 0.4) is 0 Å². The zero-order valence-electron chi connectivity index (χ0n) is 28.1. The van der Waals surface area contributed by atoms with Gasteiger partial charge in [-0.2, -0.15) is 0 Å². The number of methoxy groups -OCH3 is 1. The molecule has 0 aliphatic heterocycles. The van der Waals surface area contributed by atoms with Gasteiger partial charge in [-0.15, -0.1) is 0 Å². The van der Waals surface area contributed by atoms with Gasteiger partial charge in [0.2, 0.25) is 0 Å². The summed E-state index contributed by atoms with van der Waals surface area (Å²) in [7, 11) is -2.61. The second-order valence-electron chi connectivity index (χ2n) is 14.9. The SMILES string of the molecule is CCCCC/C=C\C[C@H]1[C@@H](/C=C/[C@H](O)CCCC(=O)OC)[C@@H](O[Si](C)(C)C(C)(C)C)C[C@H]1O[Si](C)(C)C(C)(C)C. The Morgan fingerprint density at radius 2 is 1.50 bits per heavy atom. The smallest absolute Gasteiger partial charge is 0.305 e. The molecular formula is C33H64O5Si2. The molecule has 0 heterocycles. The molecule has 0 unspecified atom stereocenters. The summed E-state index contributed by atoms with van der Waals surface area (Å²) in [4.78, 5) is 11.5. The van der Waals surface area contributed by atoms with E-state index in [1.54, 1.807) is 0 Å². The van der Waals surface area contributed by atoms with Crippen molar-refractivity contribution in [2.24, 2.45) is 11.8 Å². The van der Waals surface area contributed by atoms with Gasteiger partial charge in [-0.25, -0.2) is 0 Å². The van der Waals surface area contributed by atoms with E-state index in [0.29, 0.717) is 25.2 Å². The average Bonchev–Trinajstić information content (AvgIpc) is 3.12. The summed E-state index contributed by atoms with van der Waals surface area (Å²) in [5, 5.41) is 11.0. The maximum atomic E-state index is 11.5. The number of hydrogen-bond donors (Lipinski definition) is 1. The van der Waals surface area contributed by atoms with E-state index in [4.69, 9.17) is 13.6 Å². The summed E-state index contributed by atoms with van der Waals surface area (Å²) < 4.78 is 19.0. The number of allylic oxidation sites excluding steroid dienone is 2. The minimum Gasteiger partial charge on any atom is -0.469 e. The summed E-state index contributed by atoms with van der Waals surface area (Å²) in [5.41, 5.74) is 0. The van der Waals surface area contributed by atoms with Crippen LogP contribution in [0.15, 0.2) is 24.3 Å². The number of hydrogen-bond acceptors (Lipinski definition) is 5. The van der Waals surface area contributed by atoms with Crippen LogP contribution in [0.2, 0.25) is 36.3 Å². The number of ether oxygens (including phenoxy) is 1. The van der Waals surface area contributed by atoms with Crippen LogP contribution in [0.5, 0.6) is 0 Å². The fraction of sp³-hybridized carbons (Fsp3) is 0.848. The number of rotatable bonds is 16. The van der Waals surface area contributed by atoms with Gasteiger partial charge in [0.25, 0.3) is 0 Å². The fourth-order valence-electron chi connectivity index (χ4n) is 4.83. The Labute approximate surface area is 249 Å². The number of esters is 1. The molecule has 1 aliphatic rings. The number of carbonyl (C=O) groups excluding carboxylic acids is 1. The zero-order valence-corrected chi connectivity index (χ0v) is 30.1. The molecule has 40 heavy (non-hydrogen) atoms. The van der Waals surface area contributed by atoms with E-state index >= 15 is 0 Å². The van der Waals surface area contributed by atoms with Crippen molar-refractivity contribution in [2.75, 3.05) is 7.11 Å². The Hall–Kier alpha value is -0.736. The Morgan fingerprint density at radius 1 is 0.925 bits per heavy atom. The van der Waals surface area contributed by atoms with E-state index in [0.717, 1.165) is 19.3 Å². The van der Waals surface area contributed by atoms with Crippen LogP contribution < -0.4 is 0 Å². The predicted molar refractivity (Wildman–Crippen MR) is 175 cm³/mol. The molecule has 0 spiro atoms. The molecule has 1 aliphatic carbocycles. The molecule has 234 valence electrons. The van der Waals surface area contributed by atoms with E-state index in [1.807, 2.05) is 6.08 Å².